The van der Waals surface area contributed by atoms with Crippen LogP contribution in [0.2, 0.25) is 0 Å². The highest BCUT2D eigenvalue weighted by atomic mass is 32.2. The molecule has 0 aromatic carbocycles. The quantitative estimate of drug-likeness (QED) is 0.873. The van der Waals surface area contributed by atoms with Crippen molar-refractivity contribution < 1.29 is 12.9 Å². The zero-order valence-corrected chi connectivity index (χ0v) is 11.9. The molecule has 102 valence electrons. The summed E-state index contributed by atoms with van der Waals surface area (Å²) in [6, 6.07) is 3.38. The van der Waals surface area contributed by atoms with E-state index < -0.39 is 10.0 Å². The van der Waals surface area contributed by atoms with Gasteiger partial charge in [0.2, 0.25) is 0 Å². The molecular weight excluding hydrogens is 284 g/mol. The van der Waals surface area contributed by atoms with E-state index >= 15 is 0 Å². The van der Waals surface area contributed by atoms with E-state index in [-0.39, 0.29) is 0 Å². The summed E-state index contributed by atoms with van der Waals surface area (Å²) in [5, 5.41) is 5.42. The molecule has 0 amide bonds. The summed E-state index contributed by atoms with van der Waals surface area (Å²) < 4.78 is 31.9. The summed E-state index contributed by atoms with van der Waals surface area (Å²) in [6.45, 7) is 1.25. The zero-order chi connectivity index (χ0) is 13.3. The fourth-order valence-electron chi connectivity index (χ4n) is 2.18. The maximum atomic E-state index is 12.5. The minimum atomic E-state index is -3.34. The van der Waals surface area contributed by atoms with Gasteiger partial charge >= 0.3 is 0 Å². The summed E-state index contributed by atoms with van der Waals surface area (Å²) in [5.41, 5.74) is 0.762. The van der Waals surface area contributed by atoms with Gasteiger partial charge in [-0.25, -0.2) is 8.42 Å². The van der Waals surface area contributed by atoms with Gasteiger partial charge in [-0.3, -0.25) is 0 Å². The van der Waals surface area contributed by atoms with E-state index in [1.807, 2.05) is 0 Å². The SMILES string of the molecule is O=S(=O)(c1cc(-c2ccno2)cs1)N1CCCCC1. The number of thiophene rings is 1. The average Bonchev–Trinajstić information content (AvgIpc) is 3.10. The minimum Gasteiger partial charge on any atom is -0.356 e. The van der Waals surface area contributed by atoms with Gasteiger partial charge in [0.25, 0.3) is 10.0 Å². The first-order valence-electron chi connectivity index (χ1n) is 6.18. The molecule has 0 aliphatic carbocycles. The number of aromatic nitrogens is 1. The highest BCUT2D eigenvalue weighted by Gasteiger charge is 2.27. The van der Waals surface area contributed by atoms with Crippen molar-refractivity contribution in [1.82, 2.24) is 9.46 Å². The molecule has 1 aliphatic heterocycles. The first-order chi connectivity index (χ1) is 9.18. The normalized spacial score (nSPS) is 17.7. The van der Waals surface area contributed by atoms with Crippen molar-refractivity contribution in [3.8, 4) is 11.3 Å². The van der Waals surface area contributed by atoms with Gasteiger partial charge in [-0.15, -0.1) is 11.3 Å². The van der Waals surface area contributed by atoms with Crippen molar-refractivity contribution in [2.24, 2.45) is 0 Å². The largest absolute Gasteiger partial charge is 0.356 e. The summed E-state index contributed by atoms with van der Waals surface area (Å²) in [4.78, 5) is 0. The van der Waals surface area contributed by atoms with E-state index in [1.54, 1.807) is 28.0 Å². The van der Waals surface area contributed by atoms with Crippen LogP contribution in [0.5, 0.6) is 0 Å². The van der Waals surface area contributed by atoms with E-state index in [9.17, 15) is 8.42 Å². The van der Waals surface area contributed by atoms with E-state index in [0.717, 1.165) is 24.8 Å². The predicted molar refractivity (Wildman–Crippen MR) is 72.4 cm³/mol. The first kappa shape index (κ1) is 12.8. The van der Waals surface area contributed by atoms with Crippen LogP contribution >= 0.6 is 11.3 Å². The Hall–Kier alpha value is -1.18. The van der Waals surface area contributed by atoms with Gasteiger partial charge in [0.15, 0.2) is 5.76 Å². The fourth-order valence-corrected chi connectivity index (χ4v) is 5.02. The highest BCUT2D eigenvalue weighted by molar-refractivity contribution is 7.91. The number of sulfonamides is 1. The predicted octanol–water partition coefficient (Wildman–Crippen LogP) is 2.58. The van der Waals surface area contributed by atoms with Crippen molar-refractivity contribution in [1.29, 1.82) is 0 Å². The van der Waals surface area contributed by atoms with Crippen LogP contribution in [0, 0.1) is 0 Å². The second kappa shape index (κ2) is 5.07. The minimum absolute atomic E-state index is 0.376. The number of hydrogen-bond donors (Lipinski definition) is 0. The van der Waals surface area contributed by atoms with E-state index in [0.29, 0.717) is 23.1 Å². The number of nitrogens with zero attached hydrogens (tertiary/aromatic N) is 2. The van der Waals surface area contributed by atoms with E-state index in [2.05, 4.69) is 5.16 Å². The molecule has 0 spiro atoms. The molecule has 2 aromatic rings. The Labute approximate surface area is 115 Å². The van der Waals surface area contributed by atoms with Crippen LogP contribution in [0.25, 0.3) is 11.3 Å². The summed E-state index contributed by atoms with van der Waals surface area (Å²) in [5.74, 6) is 0.594. The van der Waals surface area contributed by atoms with Gasteiger partial charge < -0.3 is 4.52 Å². The van der Waals surface area contributed by atoms with Crippen LogP contribution in [-0.2, 0) is 10.0 Å². The third-order valence-corrected chi connectivity index (χ3v) is 6.52. The Morgan fingerprint density at radius 2 is 2.05 bits per heavy atom. The first-order valence-corrected chi connectivity index (χ1v) is 8.49. The molecule has 0 atom stereocenters. The van der Waals surface area contributed by atoms with E-state index in [4.69, 9.17) is 4.52 Å². The Kier molecular flexibility index (Phi) is 3.42. The highest BCUT2D eigenvalue weighted by Crippen LogP contribution is 2.31. The molecular formula is C12H14N2O3S2. The van der Waals surface area contributed by atoms with Gasteiger partial charge in [0.05, 0.1) is 6.20 Å². The molecule has 3 rings (SSSR count). The van der Waals surface area contributed by atoms with Crippen LogP contribution in [0.3, 0.4) is 0 Å². The molecule has 0 bridgehead atoms. The standard InChI is InChI=1S/C12H14N2O3S2/c15-19(16,14-6-2-1-3-7-14)12-8-10(9-18-12)11-4-5-13-17-11/h4-5,8-9H,1-3,6-7H2. The number of rotatable bonds is 3. The lowest BCUT2D eigenvalue weighted by Crippen LogP contribution is -2.35. The lowest BCUT2D eigenvalue weighted by atomic mass is 10.2. The van der Waals surface area contributed by atoms with Crippen molar-refractivity contribution in [3.63, 3.8) is 0 Å². The summed E-state index contributed by atoms with van der Waals surface area (Å²) in [6.07, 6.45) is 4.55. The van der Waals surface area contributed by atoms with Gasteiger partial charge in [-0.1, -0.05) is 11.6 Å². The third kappa shape index (κ3) is 2.45. The average molecular weight is 298 g/mol. The molecule has 0 N–H and O–H groups in total. The molecule has 2 aromatic heterocycles. The molecule has 1 saturated heterocycles. The molecule has 0 radical (unpaired) electrons. The molecule has 0 saturated carbocycles. The van der Waals surface area contributed by atoms with Gasteiger partial charge in [-0.2, -0.15) is 4.31 Å². The molecule has 0 unspecified atom stereocenters. The van der Waals surface area contributed by atoms with Crippen LogP contribution in [0.1, 0.15) is 19.3 Å². The van der Waals surface area contributed by atoms with Crippen LogP contribution in [-0.4, -0.2) is 31.0 Å². The molecule has 1 aliphatic rings. The third-order valence-electron chi connectivity index (χ3n) is 3.21. The number of hydrogen-bond acceptors (Lipinski definition) is 5. The molecule has 1 fully saturated rings. The monoisotopic (exact) mass is 298 g/mol. The van der Waals surface area contributed by atoms with Gasteiger partial charge in [-0.05, 0) is 18.9 Å². The Morgan fingerprint density at radius 3 is 2.74 bits per heavy atom. The second-order valence-corrected chi connectivity index (χ2v) is 7.57. The number of piperidine rings is 1. The van der Waals surface area contributed by atoms with E-state index in [1.165, 1.54) is 11.3 Å². The summed E-state index contributed by atoms with van der Waals surface area (Å²) >= 11 is 1.23. The topological polar surface area (TPSA) is 63.4 Å². The smallest absolute Gasteiger partial charge is 0.252 e. The zero-order valence-electron chi connectivity index (χ0n) is 10.3. The van der Waals surface area contributed by atoms with Crippen LogP contribution in [0.4, 0.5) is 0 Å². The molecule has 7 heteroatoms. The Balaban J connectivity index is 1.89. The van der Waals surface area contributed by atoms with Gasteiger partial charge in [0, 0.05) is 30.1 Å². The van der Waals surface area contributed by atoms with Gasteiger partial charge in [0.1, 0.15) is 4.21 Å². The van der Waals surface area contributed by atoms with Crippen molar-refractivity contribution in [2.75, 3.05) is 13.1 Å². The van der Waals surface area contributed by atoms with Crippen LogP contribution in [0.15, 0.2) is 32.4 Å². The molecule has 5 nitrogen and oxygen atoms in total. The Bertz CT molecular complexity index is 640. The van der Waals surface area contributed by atoms with Crippen molar-refractivity contribution >= 4 is 21.4 Å². The summed E-state index contributed by atoms with van der Waals surface area (Å²) in [7, 11) is -3.34. The fraction of sp³-hybridized carbons (Fsp3) is 0.417. The Morgan fingerprint density at radius 1 is 1.26 bits per heavy atom. The maximum absolute atomic E-state index is 12.5. The molecule has 19 heavy (non-hydrogen) atoms. The second-order valence-electron chi connectivity index (χ2n) is 4.50. The lowest BCUT2D eigenvalue weighted by molar-refractivity contribution is 0.347. The van der Waals surface area contributed by atoms with Crippen molar-refractivity contribution in [3.05, 3.63) is 23.7 Å². The van der Waals surface area contributed by atoms with Crippen LogP contribution < -0.4 is 0 Å². The van der Waals surface area contributed by atoms with Crippen molar-refractivity contribution in [2.45, 2.75) is 23.5 Å². The molecule has 3 heterocycles. The lowest BCUT2D eigenvalue weighted by Gasteiger charge is -2.25. The maximum Gasteiger partial charge on any atom is 0.252 e.